The summed E-state index contributed by atoms with van der Waals surface area (Å²) in [4.78, 5) is 19.0. The molecule has 1 amide bonds. The lowest BCUT2D eigenvalue weighted by molar-refractivity contribution is -0.137. The zero-order valence-corrected chi connectivity index (χ0v) is 21.7. The van der Waals surface area contributed by atoms with E-state index in [-0.39, 0.29) is 24.5 Å². The fourth-order valence-electron chi connectivity index (χ4n) is 4.63. The van der Waals surface area contributed by atoms with Crippen molar-refractivity contribution in [1.29, 1.82) is 0 Å². The Kier molecular flexibility index (Phi) is 8.60. The van der Waals surface area contributed by atoms with Crippen LogP contribution >= 0.6 is 11.3 Å². The Morgan fingerprint density at radius 3 is 2.60 bits per heavy atom. The van der Waals surface area contributed by atoms with Gasteiger partial charge < -0.3 is 14.7 Å². The molecule has 5 nitrogen and oxygen atoms in total. The molecule has 0 bridgehead atoms. The number of rotatable bonds is 10. The third-order valence-corrected chi connectivity index (χ3v) is 7.67. The summed E-state index contributed by atoms with van der Waals surface area (Å²) < 4.78 is 6.15. The van der Waals surface area contributed by atoms with Crippen molar-refractivity contribution in [3.8, 4) is 5.75 Å². The normalized spacial score (nSPS) is 16.4. The van der Waals surface area contributed by atoms with Crippen LogP contribution in [0.2, 0.25) is 0 Å². The van der Waals surface area contributed by atoms with Crippen molar-refractivity contribution in [3.63, 3.8) is 0 Å². The molecule has 3 aromatic rings. The van der Waals surface area contributed by atoms with Gasteiger partial charge in [-0.3, -0.25) is 9.69 Å². The van der Waals surface area contributed by atoms with E-state index in [1.165, 1.54) is 16.0 Å². The zero-order chi connectivity index (χ0) is 24.8. The first-order valence-electron chi connectivity index (χ1n) is 12.4. The molecule has 2 atom stereocenters. The second kappa shape index (κ2) is 11.8. The summed E-state index contributed by atoms with van der Waals surface area (Å²) in [5.41, 5.74) is 3.49. The molecule has 1 aliphatic rings. The molecule has 0 unspecified atom stereocenters. The summed E-state index contributed by atoms with van der Waals surface area (Å²) in [6.45, 7) is 8.07. The first-order chi connectivity index (χ1) is 16.9. The van der Waals surface area contributed by atoms with Gasteiger partial charge in [0.15, 0.2) is 0 Å². The van der Waals surface area contributed by atoms with Crippen LogP contribution in [-0.4, -0.2) is 59.2 Å². The van der Waals surface area contributed by atoms with Gasteiger partial charge in [-0.1, -0.05) is 48.0 Å². The Balaban J connectivity index is 1.43. The molecule has 0 spiro atoms. The molecule has 0 radical (unpaired) electrons. The molecule has 186 valence electrons. The van der Waals surface area contributed by atoms with Crippen molar-refractivity contribution in [1.82, 2.24) is 9.80 Å². The maximum Gasteiger partial charge on any atom is 0.237 e. The summed E-state index contributed by atoms with van der Waals surface area (Å²) in [5.74, 6) is 0.901. The van der Waals surface area contributed by atoms with Crippen molar-refractivity contribution in [2.45, 2.75) is 51.8 Å². The molecule has 0 saturated heterocycles. The van der Waals surface area contributed by atoms with E-state index in [2.05, 4.69) is 37.1 Å². The quantitative estimate of drug-likeness (QED) is 0.439. The smallest absolute Gasteiger partial charge is 0.237 e. The predicted octanol–water partition coefficient (Wildman–Crippen LogP) is 4.88. The summed E-state index contributed by atoms with van der Waals surface area (Å²) in [6, 6.07) is 20.2. The number of amides is 1. The van der Waals surface area contributed by atoms with Crippen molar-refractivity contribution >= 4 is 17.2 Å². The van der Waals surface area contributed by atoms with Crippen LogP contribution in [0.1, 0.15) is 41.5 Å². The number of carbonyl (C=O) groups excluding carboxylic acids is 1. The lowest BCUT2D eigenvalue weighted by Crippen LogP contribution is -2.49. The number of nitrogens with zero attached hydrogens (tertiary/aromatic N) is 2. The standard InChI is InChI=1S/C29H36N2O3S/c1-21(2)30(18-24(32)17-23-7-5-4-6-8-23)19-29(33)31-15-13-28-26(14-16-35-28)27(31)20-34-25-11-9-22(3)10-12-25/h4-12,14,16,21,24,27,32H,13,15,17-20H2,1-3H3/t24-,27+/m1/s1. The van der Waals surface area contributed by atoms with Crippen LogP contribution in [-0.2, 0) is 17.6 Å². The molecular weight excluding hydrogens is 456 g/mol. The van der Waals surface area contributed by atoms with E-state index in [1.807, 2.05) is 59.5 Å². The first-order valence-corrected chi connectivity index (χ1v) is 13.3. The van der Waals surface area contributed by atoms with E-state index < -0.39 is 6.10 Å². The summed E-state index contributed by atoms with van der Waals surface area (Å²) in [6.07, 6.45) is 0.920. The topological polar surface area (TPSA) is 53.0 Å². The van der Waals surface area contributed by atoms with Crippen LogP contribution in [0.5, 0.6) is 5.75 Å². The van der Waals surface area contributed by atoms with Gasteiger partial charge >= 0.3 is 0 Å². The average molecular weight is 493 g/mol. The van der Waals surface area contributed by atoms with Gasteiger partial charge in [0.25, 0.3) is 0 Å². The second-order valence-corrected chi connectivity index (χ2v) is 10.6. The maximum atomic E-state index is 13.6. The van der Waals surface area contributed by atoms with Crippen LogP contribution in [0, 0.1) is 6.92 Å². The first kappa shape index (κ1) is 25.4. The third kappa shape index (κ3) is 6.72. The number of hydrogen-bond acceptors (Lipinski definition) is 5. The molecule has 6 heteroatoms. The monoisotopic (exact) mass is 492 g/mol. The highest BCUT2D eigenvalue weighted by Crippen LogP contribution is 2.34. The highest BCUT2D eigenvalue weighted by atomic mass is 32.1. The van der Waals surface area contributed by atoms with E-state index in [1.54, 1.807) is 11.3 Å². The molecule has 2 aromatic carbocycles. The van der Waals surface area contributed by atoms with Gasteiger partial charge in [0, 0.05) is 24.0 Å². The maximum absolute atomic E-state index is 13.6. The molecule has 0 fully saturated rings. The SMILES string of the molecule is Cc1ccc(OC[C@H]2c3ccsc3CCN2C(=O)CN(C[C@H](O)Cc2ccccc2)C(C)C)cc1. The highest BCUT2D eigenvalue weighted by Gasteiger charge is 2.33. The number of fused-ring (bicyclic) bond motifs is 1. The Hall–Kier alpha value is -2.67. The molecule has 4 rings (SSSR count). The van der Waals surface area contributed by atoms with Gasteiger partial charge in [-0.2, -0.15) is 0 Å². The van der Waals surface area contributed by atoms with E-state index in [4.69, 9.17) is 4.74 Å². The Bertz CT molecular complexity index is 1080. The Morgan fingerprint density at radius 2 is 1.89 bits per heavy atom. The van der Waals surface area contributed by atoms with Gasteiger partial charge in [-0.15, -0.1) is 11.3 Å². The van der Waals surface area contributed by atoms with Crippen molar-refractivity contribution < 1.29 is 14.6 Å². The van der Waals surface area contributed by atoms with E-state index in [0.29, 0.717) is 26.1 Å². The van der Waals surface area contributed by atoms with E-state index in [0.717, 1.165) is 17.7 Å². The molecule has 0 saturated carbocycles. The fraction of sp³-hybridized carbons (Fsp3) is 0.414. The minimum atomic E-state index is -0.530. The number of hydrogen-bond donors (Lipinski definition) is 1. The summed E-state index contributed by atoms with van der Waals surface area (Å²) >= 11 is 1.76. The zero-order valence-electron chi connectivity index (χ0n) is 20.9. The average Bonchev–Trinajstić information content (AvgIpc) is 3.33. The van der Waals surface area contributed by atoms with Crippen LogP contribution in [0.25, 0.3) is 0 Å². The number of thiophene rings is 1. The lowest BCUT2D eigenvalue weighted by Gasteiger charge is -2.38. The number of aliphatic hydroxyl groups is 1. The predicted molar refractivity (Wildman–Crippen MR) is 142 cm³/mol. The number of aliphatic hydroxyl groups excluding tert-OH is 1. The van der Waals surface area contributed by atoms with Crippen molar-refractivity contribution in [2.75, 3.05) is 26.2 Å². The van der Waals surface area contributed by atoms with Gasteiger partial charge in [-0.05, 0) is 68.3 Å². The van der Waals surface area contributed by atoms with Crippen molar-refractivity contribution in [2.24, 2.45) is 0 Å². The summed E-state index contributed by atoms with van der Waals surface area (Å²) in [5, 5.41) is 12.9. The molecule has 1 aliphatic heterocycles. The van der Waals surface area contributed by atoms with Crippen LogP contribution in [0.15, 0.2) is 66.0 Å². The molecule has 1 N–H and O–H groups in total. The van der Waals surface area contributed by atoms with Crippen molar-refractivity contribution in [3.05, 3.63) is 87.6 Å². The van der Waals surface area contributed by atoms with Crippen LogP contribution in [0.3, 0.4) is 0 Å². The largest absolute Gasteiger partial charge is 0.491 e. The molecule has 0 aliphatic carbocycles. The van der Waals surface area contributed by atoms with E-state index in [9.17, 15) is 9.90 Å². The number of benzene rings is 2. The number of carbonyl (C=O) groups is 1. The van der Waals surface area contributed by atoms with Gasteiger partial charge in [-0.25, -0.2) is 0 Å². The molecule has 35 heavy (non-hydrogen) atoms. The minimum absolute atomic E-state index is 0.0833. The van der Waals surface area contributed by atoms with E-state index >= 15 is 0 Å². The summed E-state index contributed by atoms with van der Waals surface area (Å²) in [7, 11) is 0. The fourth-order valence-corrected chi connectivity index (χ4v) is 5.56. The number of ether oxygens (including phenoxy) is 1. The minimum Gasteiger partial charge on any atom is -0.491 e. The van der Waals surface area contributed by atoms with Gasteiger partial charge in [0.05, 0.1) is 18.7 Å². The Morgan fingerprint density at radius 1 is 1.14 bits per heavy atom. The Labute approximate surface area is 213 Å². The number of aryl methyl sites for hydroxylation is 1. The third-order valence-electron chi connectivity index (χ3n) is 6.67. The molecular formula is C29H36N2O3S. The lowest BCUT2D eigenvalue weighted by atomic mass is 10.00. The molecule has 1 aromatic heterocycles. The molecule has 2 heterocycles. The van der Waals surface area contributed by atoms with Crippen LogP contribution < -0.4 is 4.74 Å². The second-order valence-electron chi connectivity index (χ2n) is 9.64. The van der Waals surface area contributed by atoms with Crippen LogP contribution in [0.4, 0.5) is 0 Å². The van der Waals surface area contributed by atoms with Gasteiger partial charge in [0.1, 0.15) is 12.4 Å². The van der Waals surface area contributed by atoms with Gasteiger partial charge in [0.2, 0.25) is 5.91 Å². The highest BCUT2D eigenvalue weighted by molar-refractivity contribution is 7.10.